The third-order valence-corrected chi connectivity index (χ3v) is 6.45. The predicted molar refractivity (Wildman–Crippen MR) is 124 cm³/mol. The van der Waals surface area contributed by atoms with Crippen LogP contribution in [0, 0.1) is 0 Å². The number of hydrogen-bond donors (Lipinski definition) is 3. The van der Waals surface area contributed by atoms with Crippen molar-refractivity contribution in [3.05, 3.63) is 83.3 Å². The normalized spacial score (nSPS) is 18.7. The summed E-state index contributed by atoms with van der Waals surface area (Å²) >= 11 is 0. The Morgan fingerprint density at radius 3 is 2.31 bits per heavy atom. The monoisotopic (exact) mass is 476 g/mol. The first kappa shape index (κ1) is 22.7. The molecule has 180 valence electrons. The molecule has 2 amide bonds. The Kier molecular flexibility index (Phi) is 6.00. The summed E-state index contributed by atoms with van der Waals surface area (Å²) in [6, 6.07) is 17.9. The van der Waals surface area contributed by atoms with Gasteiger partial charge in [-0.1, -0.05) is 48.5 Å². The van der Waals surface area contributed by atoms with Crippen LogP contribution in [0.1, 0.15) is 39.8 Å². The van der Waals surface area contributed by atoms with Crippen LogP contribution in [-0.2, 0) is 16.1 Å². The van der Waals surface area contributed by atoms with Gasteiger partial charge in [0, 0.05) is 18.9 Å². The second-order valence-corrected chi connectivity index (χ2v) is 8.65. The average molecular weight is 476 g/mol. The maximum atomic E-state index is 12.7. The van der Waals surface area contributed by atoms with Crippen LogP contribution < -0.4 is 5.32 Å². The maximum absolute atomic E-state index is 12.7. The number of hydrogen-bond acceptors (Lipinski definition) is 6. The number of carboxylic acids is 1. The smallest absolute Gasteiger partial charge is 0.407 e. The predicted octanol–water partition coefficient (Wildman–Crippen LogP) is 2.98. The highest BCUT2D eigenvalue weighted by Gasteiger charge is 2.40. The lowest BCUT2D eigenvalue weighted by molar-refractivity contribution is -0.141. The molecule has 2 heterocycles. The number of aliphatic hydroxyl groups excluding tert-OH is 1. The van der Waals surface area contributed by atoms with Gasteiger partial charge in [-0.25, -0.2) is 9.59 Å². The number of carbonyl (C=O) groups is 3. The van der Waals surface area contributed by atoms with Crippen molar-refractivity contribution < 1.29 is 33.8 Å². The number of benzene rings is 2. The van der Waals surface area contributed by atoms with Crippen LogP contribution in [0.4, 0.5) is 4.79 Å². The fourth-order valence-electron chi connectivity index (χ4n) is 4.81. The number of rotatable bonds is 6. The Balaban J connectivity index is 1.17. The maximum Gasteiger partial charge on any atom is 0.407 e. The molecule has 0 bridgehead atoms. The highest BCUT2D eigenvalue weighted by molar-refractivity contribution is 5.94. The fraction of sp³-hybridized carbons (Fsp3) is 0.269. The summed E-state index contributed by atoms with van der Waals surface area (Å²) < 4.78 is 11.0. The van der Waals surface area contributed by atoms with Gasteiger partial charge in [-0.2, -0.15) is 0 Å². The molecule has 9 heteroatoms. The van der Waals surface area contributed by atoms with Gasteiger partial charge >= 0.3 is 12.1 Å². The van der Waals surface area contributed by atoms with E-state index in [9.17, 15) is 24.6 Å². The van der Waals surface area contributed by atoms with E-state index in [0.29, 0.717) is 5.76 Å². The van der Waals surface area contributed by atoms with Gasteiger partial charge in [-0.05, 0) is 34.4 Å². The van der Waals surface area contributed by atoms with E-state index >= 15 is 0 Å². The van der Waals surface area contributed by atoms with E-state index in [4.69, 9.17) is 9.15 Å². The number of likely N-dealkylation sites (tertiary alicyclic amines) is 1. The van der Waals surface area contributed by atoms with Gasteiger partial charge in [0.05, 0.1) is 12.6 Å². The summed E-state index contributed by atoms with van der Waals surface area (Å²) in [5.41, 5.74) is 4.51. The number of β-amino-alcohol motifs (C(OH)–C–C–N with tert-alkyl or cyclic N) is 1. The number of furan rings is 1. The summed E-state index contributed by atoms with van der Waals surface area (Å²) in [4.78, 5) is 37.5. The third kappa shape index (κ3) is 4.38. The zero-order chi connectivity index (χ0) is 24.5. The van der Waals surface area contributed by atoms with E-state index in [1.807, 2.05) is 36.4 Å². The van der Waals surface area contributed by atoms with Crippen molar-refractivity contribution in [2.45, 2.75) is 31.0 Å². The van der Waals surface area contributed by atoms with Crippen LogP contribution in [-0.4, -0.2) is 58.4 Å². The van der Waals surface area contributed by atoms with E-state index in [0.717, 1.165) is 27.2 Å². The lowest BCUT2D eigenvalue weighted by atomic mass is 9.98. The van der Waals surface area contributed by atoms with Gasteiger partial charge in [0.1, 0.15) is 18.4 Å². The molecule has 5 rings (SSSR count). The average Bonchev–Trinajstić information content (AvgIpc) is 3.57. The van der Waals surface area contributed by atoms with Crippen LogP contribution in [0.3, 0.4) is 0 Å². The van der Waals surface area contributed by atoms with Crippen LogP contribution in [0.15, 0.2) is 65.1 Å². The highest BCUT2D eigenvalue weighted by Crippen LogP contribution is 2.44. The van der Waals surface area contributed by atoms with Gasteiger partial charge in [0.2, 0.25) is 0 Å². The van der Waals surface area contributed by atoms with Gasteiger partial charge < -0.3 is 29.6 Å². The van der Waals surface area contributed by atoms with Crippen molar-refractivity contribution in [3.8, 4) is 11.1 Å². The molecule has 3 aromatic rings. The minimum absolute atomic E-state index is 0.00502. The lowest BCUT2D eigenvalue weighted by Crippen LogP contribution is -2.40. The van der Waals surface area contributed by atoms with Gasteiger partial charge in [0.25, 0.3) is 5.91 Å². The largest absolute Gasteiger partial charge is 0.480 e. The van der Waals surface area contributed by atoms with E-state index in [2.05, 4.69) is 17.4 Å². The Labute approximate surface area is 200 Å². The van der Waals surface area contributed by atoms with Crippen molar-refractivity contribution in [1.29, 1.82) is 0 Å². The molecule has 0 spiro atoms. The number of aliphatic carboxylic acids is 1. The zero-order valence-electron chi connectivity index (χ0n) is 18.7. The molecule has 2 aromatic carbocycles. The second-order valence-electron chi connectivity index (χ2n) is 8.65. The number of aliphatic hydroxyl groups is 1. The first-order valence-corrected chi connectivity index (χ1v) is 11.3. The molecule has 3 N–H and O–H groups in total. The molecule has 2 aliphatic rings. The summed E-state index contributed by atoms with van der Waals surface area (Å²) in [6.45, 7) is 0.0917. The number of nitrogens with one attached hydrogen (secondary N) is 1. The molecule has 0 unspecified atom stereocenters. The molecule has 1 aliphatic heterocycles. The Morgan fingerprint density at radius 2 is 1.66 bits per heavy atom. The van der Waals surface area contributed by atoms with E-state index < -0.39 is 30.1 Å². The molecule has 1 saturated heterocycles. The first-order chi connectivity index (χ1) is 16.9. The molecule has 0 radical (unpaired) electrons. The number of fused-ring (bicyclic) bond motifs is 3. The molecular formula is C26H24N2O7. The number of carboxylic acid groups (broad SMARTS) is 1. The Bertz CT molecular complexity index is 1240. The van der Waals surface area contributed by atoms with Crippen molar-refractivity contribution >= 4 is 18.0 Å². The zero-order valence-corrected chi connectivity index (χ0v) is 18.7. The Hall–Kier alpha value is -4.11. The summed E-state index contributed by atoms with van der Waals surface area (Å²) in [6.07, 6.45) is -1.55. The topological polar surface area (TPSA) is 129 Å². The van der Waals surface area contributed by atoms with Gasteiger partial charge in [0.15, 0.2) is 5.76 Å². The van der Waals surface area contributed by atoms with E-state index in [1.54, 1.807) is 0 Å². The van der Waals surface area contributed by atoms with Crippen LogP contribution in [0.5, 0.6) is 0 Å². The molecule has 35 heavy (non-hydrogen) atoms. The number of nitrogens with zero attached hydrogens (tertiary/aromatic N) is 1. The second kappa shape index (κ2) is 9.27. The number of alkyl carbamates (subject to hydrolysis) is 1. The number of ether oxygens (including phenoxy) is 1. The molecular weight excluding hydrogens is 452 g/mol. The van der Waals surface area contributed by atoms with Gasteiger partial charge in [-0.15, -0.1) is 0 Å². The summed E-state index contributed by atoms with van der Waals surface area (Å²) in [7, 11) is 0. The quantitative estimate of drug-likeness (QED) is 0.499. The van der Waals surface area contributed by atoms with Crippen molar-refractivity contribution in [2.24, 2.45) is 0 Å². The summed E-state index contributed by atoms with van der Waals surface area (Å²) in [5, 5.41) is 21.7. The van der Waals surface area contributed by atoms with E-state index in [1.165, 1.54) is 12.1 Å². The van der Waals surface area contributed by atoms with E-state index in [-0.39, 0.29) is 37.8 Å². The van der Waals surface area contributed by atoms with Crippen molar-refractivity contribution in [2.75, 3.05) is 13.2 Å². The Morgan fingerprint density at radius 1 is 1.00 bits per heavy atom. The molecule has 9 nitrogen and oxygen atoms in total. The molecule has 2 atom stereocenters. The SMILES string of the molecule is O=C(NCc1ccc(C(=O)N2C[C@@H](O)C[C@H]2C(=O)O)o1)OCC1c2ccccc2-c2ccccc21. The number of amides is 2. The third-order valence-electron chi connectivity index (χ3n) is 6.45. The molecule has 1 fully saturated rings. The number of carbonyl (C=O) groups excluding carboxylic acids is 2. The van der Waals surface area contributed by atoms with Crippen LogP contribution in [0.25, 0.3) is 11.1 Å². The molecule has 1 aromatic heterocycles. The lowest BCUT2D eigenvalue weighted by Gasteiger charge is -2.19. The van der Waals surface area contributed by atoms with Crippen LogP contribution in [0.2, 0.25) is 0 Å². The minimum atomic E-state index is -1.18. The minimum Gasteiger partial charge on any atom is -0.480 e. The van der Waals surface area contributed by atoms with Gasteiger partial charge in [-0.3, -0.25) is 4.79 Å². The fourth-order valence-corrected chi connectivity index (χ4v) is 4.81. The molecule has 1 aliphatic carbocycles. The van der Waals surface area contributed by atoms with Crippen LogP contribution >= 0.6 is 0 Å². The highest BCUT2D eigenvalue weighted by atomic mass is 16.5. The molecule has 0 saturated carbocycles. The summed E-state index contributed by atoms with van der Waals surface area (Å²) in [5.74, 6) is -1.61. The van der Waals surface area contributed by atoms with Crippen molar-refractivity contribution in [1.82, 2.24) is 10.2 Å². The van der Waals surface area contributed by atoms with Crippen molar-refractivity contribution in [3.63, 3.8) is 0 Å². The first-order valence-electron chi connectivity index (χ1n) is 11.3. The standard InChI is InChI=1S/C26H24N2O7/c29-15-11-22(25(31)32)28(13-15)24(30)23-10-9-16(35-23)12-27-26(33)34-14-21-19-7-3-1-5-17(19)18-6-2-4-8-20(18)21/h1-10,15,21-22,29H,11-14H2,(H,27,33)(H,31,32)/t15-,22-/m0/s1.